The summed E-state index contributed by atoms with van der Waals surface area (Å²) < 4.78 is 47.7. The van der Waals surface area contributed by atoms with Crippen LogP contribution in [0.25, 0.3) is 0 Å². The van der Waals surface area contributed by atoms with Gasteiger partial charge in [-0.1, -0.05) is 251 Å². The van der Waals surface area contributed by atoms with Crippen LogP contribution in [0.5, 0.6) is 0 Å². The van der Waals surface area contributed by atoms with E-state index >= 15 is 0 Å². The molecule has 8 atom stereocenters. The maximum absolute atomic E-state index is 13.2. The van der Waals surface area contributed by atoms with Crippen LogP contribution in [0.4, 0.5) is 0 Å². The first-order chi connectivity index (χ1) is 32.4. The summed E-state index contributed by atoms with van der Waals surface area (Å²) >= 11 is 0. The number of ether oxygens (including phenoxy) is 2. The van der Waals surface area contributed by atoms with Crippen molar-refractivity contribution in [1.29, 1.82) is 0 Å². The molecule has 1 aliphatic rings. The lowest BCUT2D eigenvalue weighted by Crippen LogP contribution is -2.61. The van der Waals surface area contributed by atoms with E-state index in [-0.39, 0.29) is 6.42 Å². The van der Waals surface area contributed by atoms with Crippen LogP contribution in [0.15, 0.2) is 12.2 Å². The molecule has 1 heterocycles. The number of unbranched alkanes of at least 4 members (excludes halogenated alkanes) is 35. The first-order valence-corrected chi connectivity index (χ1v) is 29.0. The first-order valence-electron chi connectivity index (χ1n) is 27.7. The quantitative estimate of drug-likeness (QED) is 0.0172. The molecule has 1 amide bonds. The van der Waals surface area contributed by atoms with E-state index in [1.165, 1.54) is 186 Å². The summed E-state index contributed by atoms with van der Waals surface area (Å²) in [5, 5.41) is 55.5. The molecule has 0 aromatic heterocycles. The average Bonchev–Trinajstić information content (AvgIpc) is 3.30. The first kappa shape index (κ1) is 63.8. The Labute approximate surface area is 409 Å². The fraction of sp³-hybridized carbons (Fsp3) is 0.943. The lowest BCUT2D eigenvalue weighted by Gasteiger charge is -2.41. The molecule has 14 heteroatoms. The molecule has 0 saturated carbocycles. The third-order valence-electron chi connectivity index (χ3n) is 13.4. The number of carbonyl (C=O) groups is 1. The maximum atomic E-state index is 13.2. The second-order valence-electron chi connectivity index (χ2n) is 19.7. The maximum Gasteiger partial charge on any atom is 0.397 e. The summed E-state index contributed by atoms with van der Waals surface area (Å²) in [6.07, 6.45) is 38.6. The normalized spacial score (nSPS) is 20.4. The van der Waals surface area contributed by atoms with E-state index in [2.05, 4.69) is 23.3 Å². The molecule has 0 radical (unpaired) electrons. The number of aliphatic hydroxyl groups is 5. The Hall–Kier alpha value is -1.20. The number of carbonyl (C=O) groups excluding carboxylic acids is 1. The van der Waals surface area contributed by atoms with Gasteiger partial charge in [0.15, 0.2) is 6.29 Å². The standard InChI is InChI=1S/C53H103NO12S/c1-3-5-7-9-11-13-15-17-19-21-22-23-24-25-26-28-30-32-34-36-38-40-42-47(57)52(60)54-45(44-64-53-50(59)51(66-67(61,62)63)49(58)48(43-55)65-53)46(56)41-39-37-35-33-31-29-27-20-18-16-14-12-10-8-6-4-2/h39,41,45-51,53,55-59H,3-38,40,42-44H2,1-2H3,(H,54,60)(H,61,62,63)/b41-39+. The second kappa shape index (κ2) is 43.6. The molecule has 7 N–H and O–H groups in total. The molecule has 67 heavy (non-hydrogen) atoms. The van der Waals surface area contributed by atoms with Gasteiger partial charge in [0.25, 0.3) is 0 Å². The molecule has 0 bridgehead atoms. The molecule has 0 aliphatic carbocycles. The monoisotopic (exact) mass is 978 g/mol. The van der Waals surface area contributed by atoms with Gasteiger partial charge in [0.05, 0.1) is 25.4 Å². The van der Waals surface area contributed by atoms with Crippen LogP contribution in [-0.2, 0) is 28.9 Å². The summed E-state index contributed by atoms with van der Waals surface area (Å²) in [7, 11) is -5.12. The predicted molar refractivity (Wildman–Crippen MR) is 270 cm³/mol. The lowest BCUT2D eigenvalue weighted by molar-refractivity contribution is -0.298. The SMILES string of the molecule is CCCCCCCCCCCCCCCC/C=C/C(O)C(COC1OC(CO)C(O)C(OS(=O)(=O)O)C1O)NC(=O)C(O)CCCCCCCCCCCCCCCCCCCCCCCC. The van der Waals surface area contributed by atoms with Gasteiger partial charge in [-0.05, 0) is 19.3 Å². The minimum atomic E-state index is -5.12. The summed E-state index contributed by atoms with van der Waals surface area (Å²) in [5.74, 6) is -0.696. The number of aliphatic hydroxyl groups excluding tert-OH is 5. The molecule has 1 aliphatic heterocycles. The van der Waals surface area contributed by atoms with Gasteiger partial charge in [0.1, 0.15) is 30.5 Å². The third kappa shape index (κ3) is 35.5. The fourth-order valence-corrected chi connectivity index (χ4v) is 9.56. The highest BCUT2D eigenvalue weighted by Crippen LogP contribution is 2.26. The van der Waals surface area contributed by atoms with Crippen molar-refractivity contribution < 1.29 is 57.0 Å². The van der Waals surface area contributed by atoms with E-state index < -0.39 is 78.5 Å². The highest BCUT2D eigenvalue weighted by atomic mass is 32.3. The number of nitrogens with one attached hydrogen (secondary N) is 1. The van der Waals surface area contributed by atoms with Gasteiger partial charge in [-0.25, -0.2) is 4.18 Å². The van der Waals surface area contributed by atoms with Crippen molar-refractivity contribution in [2.24, 2.45) is 0 Å². The van der Waals surface area contributed by atoms with Crippen LogP contribution in [-0.4, -0.2) is 107 Å². The van der Waals surface area contributed by atoms with Crippen LogP contribution in [0.1, 0.15) is 258 Å². The summed E-state index contributed by atoms with van der Waals surface area (Å²) in [6.45, 7) is 3.26. The topological polar surface area (TPSA) is 212 Å². The molecular formula is C53H103NO12S. The van der Waals surface area contributed by atoms with Gasteiger partial charge in [-0.3, -0.25) is 9.35 Å². The van der Waals surface area contributed by atoms with Gasteiger partial charge in [0.2, 0.25) is 5.91 Å². The van der Waals surface area contributed by atoms with Crippen molar-refractivity contribution in [1.82, 2.24) is 5.32 Å². The van der Waals surface area contributed by atoms with Crippen LogP contribution < -0.4 is 5.32 Å². The van der Waals surface area contributed by atoms with Crippen LogP contribution in [0.3, 0.4) is 0 Å². The highest BCUT2D eigenvalue weighted by molar-refractivity contribution is 7.80. The zero-order chi connectivity index (χ0) is 49.2. The van der Waals surface area contributed by atoms with E-state index in [0.717, 1.165) is 38.5 Å². The fourth-order valence-electron chi connectivity index (χ4n) is 9.05. The van der Waals surface area contributed by atoms with Crippen LogP contribution >= 0.6 is 0 Å². The number of hydrogen-bond donors (Lipinski definition) is 7. The highest BCUT2D eigenvalue weighted by Gasteiger charge is 2.48. The number of amides is 1. The molecular weight excluding hydrogens is 875 g/mol. The molecule has 0 spiro atoms. The molecule has 1 fully saturated rings. The minimum Gasteiger partial charge on any atom is -0.394 e. The van der Waals surface area contributed by atoms with E-state index in [1.54, 1.807) is 6.08 Å². The van der Waals surface area contributed by atoms with Gasteiger partial charge in [-0.15, -0.1) is 0 Å². The Bertz CT molecular complexity index is 1260. The van der Waals surface area contributed by atoms with Crippen molar-refractivity contribution >= 4 is 16.3 Å². The molecule has 1 saturated heterocycles. The number of rotatable bonds is 48. The van der Waals surface area contributed by atoms with Gasteiger partial charge in [-0.2, -0.15) is 8.42 Å². The van der Waals surface area contributed by atoms with E-state index in [9.17, 15) is 43.3 Å². The Balaban J connectivity index is 2.44. The Morgan fingerprint density at radius 1 is 0.597 bits per heavy atom. The lowest BCUT2D eigenvalue weighted by atomic mass is 9.99. The molecule has 398 valence electrons. The van der Waals surface area contributed by atoms with Crippen molar-refractivity contribution in [2.45, 2.75) is 307 Å². The smallest absolute Gasteiger partial charge is 0.394 e. The molecule has 1 rings (SSSR count). The average molecular weight is 978 g/mol. The van der Waals surface area contributed by atoms with Crippen molar-refractivity contribution in [3.05, 3.63) is 12.2 Å². The van der Waals surface area contributed by atoms with Crippen LogP contribution in [0.2, 0.25) is 0 Å². The van der Waals surface area contributed by atoms with Crippen molar-refractivity contribution in [2.75, 3.05) is 13.2 Å². The molecule has 8 unspecified atom stereocenters. The number of hydrogen-bond acceptors (Lipinski definition) is 11. The largest absolute Gasteiger partial charge is 0.397 e. The van der Waals surface area contributed by atoms with Crippen molar-refractivity contribution in [3.8, 4) is 0 Å². The second-order valence-corrected chi connectivity index (χ2v) is 20.7. The molecule has 0 aromatic carbocycles. The van der Waals surface area contributed by atoms with Crippen molar-refractivity contribution in [3.63, 3.8) is 0 Å². The Kier molecular flexibility index (Phi) is 41.5. The number of allylic oxidation sites excluding steroid dienone is 1. The Morgan fingerprint density at radius 2 is 0.970 bits per heavy atom. The van der Waals surface area contributed by atoms with Crippen LogP contribution in [0, 0.1) is 0 Å². The third-order valence-corrected chi connectivity index (χ3v) is 13.9. The van der Waals surface area contributed by atoms with E-state index in [0.29, 0.717) is 12.8 Å². The summed E-state index contributed by atoms with van der Waals surface area (Å²) in [5.41, 5.74) is 0. The zero-order valence-electron chi connectivity index (χ0n) is 42.6. The zero-order valence-corrected chi connectivity index (χ0v) is 43.4. The minimum absolute atomic E-state index is 0.249. The summed E-state index contributed by atoms with van der Waals surface area (Å²) in [6, 6.07) is -1.12. The molecule has 13 nitrogen and oxygen atoms in total. The van der Waals surface area contributed by atoms with Gasteiger partial charge >= 0.3 is 10.4 Å². The predicted octanol–water partition coefficient (Wildman–Crippen LogP) is 11.3. The van der Waals surface area contributed by atoms with Gasteiger partial charge < -0.3 is 40.3 Å². The summed E-state index contributed by atoms with van der Waals surface area (Å²) in [4.78, 5) is 13.2. The Morgan fingerprint density at radius 3 is 1.34 bits per heavy atom. The van der Waals surface area contributed by atoms with E-state index in [1.807, 2.05) is 6.08 Å². The molecule has 0 aromatic rings. The van der Waals surface area contributed by atoms with Gasteiger partial charge in [0, 0.05) is 0 Å². The van der Waals surface area contributed by atoms with E-state index in [4.69, 9.17) is 9.47 Å².